The molecule has 0 aliphatic rings. The summed E-state index contributed by atoms with van der Waals surface area (Å²) in [5.74, 6) is -0.368. The van der Waals surface area contributed by atoms with Crippen LogP contribution in [0.1, 0.15) is 46.0 Å². The van der Waals surface area contributed by atoms with Gasteiger partial charge in [0.2, 0.25) is 0 Å². The van der Waals surface area contributed by atoms with Gasteiger partial charge in [-0.2, -0.15) is 0 Å². The molecule has 0 fully saturated rings. The fourth-order valence-corrected chi connectivity index (χ4v) is 4.30. The number of H-pyrrole nitrogens is 1. The van der Waals surface area contributed by atoms with E-state index in [-0.39, 0.29) is 11.3 Å². The number of allylic oxidation sites excluding steroid dienone is 2. The van der Waals surface area contributed by atoms with Gasteiger partial charge in [-0.1, -0.05) is 79.2 Å². The van der Waals surface area contributed by atoms with Crippen molar-refractivity contribution in [3.05, 3.63) is 128 Å². The van der Waals surface area contributed by atoms with Crippen LogP contribution < -0.4 is 11.3 Å². The minimum absolute atomic E-state index is 0.118. The van der Waals surface area contributed by atoms with Crippen LogP contribution in [0.25, 0.3) is 22.6 Å². The number of carbonyl (C=O) groups excluding carboxylic acids is 1. The van der Waals surface area contributed by atoms with Gasteiger partial charge in [-0.05, 0) is 59.4 Å². The number of carbonyl (C=O) groups is 1. The number of nitrogens with zero attached hydrogens (tertiary/aromatic N) is 1. The number of aromatic nitrogens is 1. The zero-order chi connectivity index (χ0) is 26.2. The third-order valence-corrected chi connectivity index (χ3v) is 6.22. The molecule has 3 aromatic carbocycles. The van der Waals surface area contributed by atoms with Gasteiger partial charge in [-0.15, -0.1) is 0 Å². The molecule has 0 amide bonds. The summed E-state index contributed by atoms with van der Waals surface area (Å²) < 4.78 is 0. The molecule has 4 aromatic rings. The lowest BCUT2D eigenvalue weighted by atomic mass is 9.94. The molecule has 0 spiro atoms. The predicted molar refractivity (Wildman–Crippen MR) is 154 cm³/mol. The van der Waals surface area contributed by atoms with E-state index in [0.717, 1.165) is 40.6 Å². The number of aromatic amines is 1. The first-order valence-corrected chi connectivity index (χ1v) is 12.5. The fraction of sp³-hybridized carbons (Fsp3) is 0.129. The van der Waals surface area contributed by atoms with Gasteiger partial charge in [0.05, 0.1) is 5.56 Å². The summed E-state index contributed by atoms with van der Waals surface area (Å²) in [4.78, 5) is 33.6. The van der Waals surface area contributed by atoms with Crippen molar-refractivity contribution in [1.82, 2.24) is 4.98 Å². The average molecular weight is 510 g/mol. The maximum absolute atomic E-state index is 13.4. The van der Waals surface area contributed by atoms with Gasteiger partial charge in [0.1, 0.15) is 0 Å². The van der Waals surface area contributed by atoms with Crippen LogP contribution in [-0.4, -0.2) is 23.5 Å². The number of hydrogen-bond acceptors (Lipinski definition) is 4. The quantitative estimate of drug-likeness (QED) is 0.154. The summed E-state index contributed by atoms with van der Waals surface area (Å²) in [5.41, 5.74) is 10.3. The molecule has 0 bridgehead atoms. The van der Waals surface area contributed by atoms with Crippen molar-refractivity contribution in [2.75, 3.05) is 6.54 Å². The number of ketones is 1. The number of hydrogen-bond donors (Lipinski definition) is 2. The van der Waals surface area contributed by atoms with Crippen LogP contribution in [-0.2, 0) is 6.42 Å². The molecule has 0 radical (unpaired) electrons. The molecule has 186 valence electrons. The van der Waals surface area contributed by atoms with Crippen LogP contribution in [0.2, 0.25) is 5.02 Å². The van der Waals surface area contributed by atoms with E-state index in [1.807, 2.05) is 54.6 Å². The summed E-state index contributed by atoms with van der Waals surface area (Å²) in [6.45, 7) is 2.81. The van der Waals surface area contributed by atoms with E-state index in [2.05, 4.69) is 16.9 Å². The lowest BCUT2D eigenvalue weighted by Gasteiger charge is -2.12. The van der Waals surface area contributed by atoms with Crippen molar-refractivity contribution in [2.24, 2.45) is 10.7 Å². The second-order valence-corrected chi connectivity index (χ2v) is 9.07. The molecule has 0 atom stereocenters. The minimum Gasteiger partial charge on any atom is -0.404 e. The third kappa shape index (κ3) is 6.32. The molecule has 5 nitrogen and oxygen atoms in total. The van der Waals surface area contributed by atoms with E-state index in [4.69, 9.17) is 17.3 Å². The molecule has 1 heterocycles. The maximum atomic E-state index is 13.4. The number of fused-ring (bicyclic) bond motifs is 1. The zero-order valence-electron chi connectivity index (χ0n) is 20.6. The number of rotatable bonds is 9. The van der Waals surface area contributed by atoms with Gasteiger partial charge in [-0.3, -0.25) is 14.6 Å². The molecular weight excluding hydrogens is 482 g/mol. The Bertz CT molecular complexity index is 1550. The molecular formula is C31H28ClN3O2. The Hall–Kier alpha value is -4.22. The number of benzene rings is 3. The summed E-state index contributed by atoms with van der Waals surface area (Å²) in [5, 5.41) is 1.29. The Morgan fingerprint density at radius 3 is 2.51 bits per heavy atom. The Morgan fingerprint density at radius 1 is 1.05 bits per heavy atom. The lowest BCUT2D eigenvalue weighted by molar-refractivity contribution is 0.104. The Kier molecular flexibility index (Phi) is 8.49. The van der Waals surface area contributed by atoms with Crippen molar-refractivity contribution >= 4 is 46.2 Å². The molecule has 1 aromatic heterocycles. The zero-order valence-corrected chi connectivity index (χ0v) is 21.3. The first-order valence-electron chi connectivity index (χ1n) is 12.1. The van der Waals surface area contributed by atoms with E-state index in [9.17, 15) is 9.59 Å². The molecule has 3 N–H and O–H groups in total. The highest BCUT2D eigenvalue weighted by molar-refractivity contribution is 6.31. The van der Waals surface area contributed by atoms with Crippen LogP contribution in [0.15, 0.2) is 94.9 Å². The second-order valence-electron chi connectivity index (χ2n) is 8.64. The number of aliphatic imine (C=N–C) groups is 1. The van der Waals surface area contributed by atoms with Crippen LogP contribution in [0.4, 0.5) is 0 Å². The highest BCUT2D eigenvalue weighted by atomic mass is 35.5. The number of nitrogens with one attached hydrogen (secondary N) is 1. The molecule has 37 heavy (non-hydrogen) atoms. The molecule has 4 rings (SSSR count). The minimum atomic E-state index is -0.421. The van der Waals surface area contributed by atoms with E-state index in [1.165, 1.54) is 12.3 Å². The van der Waals surface area contributed by atoms with Gasteiger partial charge >= 0.3 is 0 Å². The van der Waals surface area contributed by atoms with Crippen molar-refractivity contribution < 1.29 is 4.79 Å². The third-order valence-electron chi connectivity index (χ3n) is 5.99. The monoisotopic (exact) mass is 509 g/mol. The first-order chi connectivity index (χ1) is 18.0. The number of pyridine rings is 1. The summed E-state index contributed by atoms with van der Waals surface area (Å²) in [6.07, 6.45) is 7.83. The first kappa shape index (κ1) is 25.9. The SMILES string of the molecule is CCCN=CC(=CN)c1ccc(/C=C/C(=O)c2c(Cc3ccccc3)c3cc(Cl)ccc3[nH]c2=O)cc1. The van der Waals surface area contributed by atoms with Crippen molar-refractivity contribution in [3.63, 3.8) is 0 Å². The smallest absolute Gasteiger partial charge is 0.259 e. The van der Waals surface area contributed by atoms with Gasteiger partial charge in [0.15, 0.2) is 5.78 Å². The van der Waals surface area contributed by atoms with E-state index < -0.39 is 5.56 Å². The molecule has 0 saturated heterocycles. The molecule has 0 unspecified atom stereocenters. The Morgan fingerprint density at radius 2 is 1.81 bits per heavy atom. The highest BCUT2D eigenvalue weighted by Gasteiger charge is 2.18. The van der Waals surface area contributed by atoms with Gasteiger partial charge < -0.3 is 10.7 Å². The van der Waals surface area contributed by atoms with Crippen LogP contribution >= 0.6 is 11.6 Å². The van der Waals surface area contributed by atoms with E-state index in [0.29, 0.717) is 22.5 Å². The summed E-state index contributed by atoms with van der Waals surface area (Å²) in [6, 6.07) is 22.6. The van der Waals surface area contributed by atoms with E-state index >= 15 is 0 Å². The summed E-state index contributed by atoms with van der Waals surface area (Å²) >= 11 is 6.28. The lowest BCUT2D eigenvalue weighted by Crippen LogP contribution is -2.20. The normalized spacial score (nSPS) is 12.1. The molecule has 0 aliphatic heterocycles. The standard InChI is InChI=1S/C31H28ClN3O2/c1-2-16-34-20-24(19-33)23-11-8-21(9-12-23)10-15-29(36)30-27(17-22-6-4-3-5-7-22)26-18-25(32)13-14-28(26)35-31(30)37/h3-15,18-20H,2,16-17,33H2,1H3,(H,35,37)/b15-10+,24-19?,34-20?. The van der Waals surface area contributed by atoms with Crippen LogP contribution in [0.3, 0.4) is 0 Å². The second kappa shape index (κ2) is 12.2. The molecule has 0 saturated carbocycles. The molecule has 6 heteroatoms. The van der Waals surface area contributed by atoms with Crippen LogP contribution in [0, 0.1) is 0 Å². The fourth-order valence-electron chi connectivity index (χ4n) is 4.12. The van der Waals surface area contributed by atoms with Crippen molar-refractivity contribution in [3.8, 4) is 0 Å². The number of halogens is 1. The van der Waals surface area contributed by atoms with Crippen molar-refractivity contribution in [2.45, 2.75) is 19.8 Å². The number of nitrogens with two attached hydrogens (primary N) is 1. The van der Waals surface area contributed by atoms with Gasteiger partial charge in [-0.25, -0.2) is 0 Å². The topological polar surface area (TPSA) is 88.3 Å². The van der Waals surface area contributed by atoms with Gasteiger partial charge in [0.25, 0.3) is 5.56 Å². The predicted octanol–water partition coefficient (Wildman–Crippen LogP) is 6.45. The van der Waals surface area contributed by atoms with Crippen LogP contribution in [0.5, 0.6) is 0 Å². The molecule has 0 aliphatic carbocycles. The average Bonchev–Trinajstić information content (AvgIpc) is 2.91. The Balaban J connectivity index is 1.67. The maximum Gasteiger partial charge on any atom is 0.259 e. The van der Waals surface area contributed by atoms with Gasteiger partial charge in [0, 0.05) is 40.5 Å². The largest absolute Gasteiger partial charge is 0.404 e. The van der Waals surface area contributed by atoms with E-state index in [1.54, 1.807) is 30.5 Å². The van der Waals surface area contributed by atoms with Crippen molar-refractivity contribution in [1.29, 1.82) is 0 Å². The summed E-state index contributed by atoms with van der Waals surface area (Å²) in [7, 11) is 0. The Labute approximate surface area is 221 Å². The highest BCUT2D eigenvalue weighted by Crippen LogP contribution is 2.25.